The molecule has 248 valence electrons. The van der Waals surface area contributed by atoms with Crippen LogP contribution in [0.5, 0.6) is 5.75 Å². The standard InChI is InChI=1S/C35H45N3O7S/c1-23-9-12-33(46-19-5-4-8-32(42)37-21-30(41)34(43)29(40)14-18-39)38-28(23)22-44-35(15-16-35)27-20-36-17-13-25(27)26-6-2-3-7-31(26)45-24-10-11-24/h2-3,6-7,9,12-13,17,20,24,29-30,34,39-41,43H,4-5,8,10-11,14-16,18-19,21-22H2,1H3,(H,37,42). The van der Waals surface area contributed by atoms with Crippen molar-refractivity contribution in [3.8, 4) is 16.9 Å². The number of rotatable bonds is 19. The molecular weight excluding hydrogens is 606 g/mol. The highest BCUT2D eigenvalue weighted by Gasteiger charge is 2.48. The maximum atomic E-state index is 12.2. The molecule has 2 heterocycles. The van der Waals surface area contributed by atoms with Gasteiger partial charge >= 0.3 is 0 Å². The van der Waals surface area contributed by atoms with Gasteiger partial charge in [0.1, 0.15) is 11.9 Å². The summed E-state index contributed by atoms with van der Waals surface area (Å²) in [4.78, 5) is 21.5. The number of carbonyl (C=O) groups excluding carboxylic acids is 1. The molecule has 0 aliphatic heterocycles. The third-order valence-corrected chi connectivity index (χ3v) is 9.46. The van der Waals surface area contributed by atoms with Gasteiger partial charge in [-0.1, -0.05) is 24.3 Å². The third-order valence-electron chi connectivity index (χ3n) is 8.44. The van der Waals surface area contributed by atoms with Gasteiger partial charge in [0.15, 0.2) is 0 Å². The van der Waals surface area contributed by atoms with E-state index in [4.69, 9.17) is 19.6 Å². The molecule has 2 aliphatic rings. The van der Waals surface area contributed by atoms with Gasteiger partial charge in [0.2, 0.25) is 5.91 Å². The van der Waals surface area contributed by atoms with Gasteiger partial charge in [0.05, 0.1) is 41.2 Å². The van der Waals surface area contributed by atoms with Crippen molar-refractivity contribution in [2.24, 2.45) is 0 Å². The third kappa shape index (κ3) is 9.27. The van der Waals surface area contributed by atoms with Crippen LogP contribution in [0.1, 0.15) is 68.2 Å². The minimum absolute atomic E-state index is 0.0485. The first-order chi connectivity index (χ1) is 22.3. The van der Waals surface area contributed by atoms with E-state index in [0.29, 0.717) is 25.6 Å². The Morgan fingerprint density at radius 1 is 1.07 bits per heavy atom. The molecule has 0 radical (unpaired) electrons. The number of nitrogens with one attached hydrogen (secondary N) is 1. The summed E-state index contributed by atoms with van der Waals surface area (Å²) in [7, 11) is 0. The van der Waals surface area contributed by atoms with Gasteiger partial charge in [-0.05, 0) is 86.9 Å². The summed E-state index contributed by atoms with van der Waals surface area (Å²) in [5.74, 6) is 1.47. The van der Waals surface area contributed by atoms with Crippen molar-refractivity contribution in [2.45, 2.75) is 99.9 Å². The van der Waals surface area contributed by atoms with Crippen molar-refractivity contribution in [1.29, 1.82) is 0 Å². The number of pyridine rings is 2. The number of carbonyl (C=O) groups is 1. The van der Waals surface area contributed by atoms with Crippen LogP contribution in [0.2, 0.25) is 0 Å². The topological polar surface area (TPSA) is 154 Å². The molecule has 3 aromatic rings. The Kier molecular flexibility index (Phi) is 12.0. The second kappa shape index (κ2) is 16.2. The molecular formula is C35H45N3O7S. The van der Waals surface area contributed by atoms with E-state index in [0.717, 1.165) is 76.6 Å². The highest BCUT2D eigenvalue weighted by Crippen LogP contribution is 2.53. The molecule has 5 N–H and O–H groups in total. The predicted octanol–water partition coefficient (Wildman–Crippen LogP) is 4.04. The molecule has 3 atom stereocenters. The number of hydrogen-bond donors (Lipinski definition) is 5. The zero-order valence-electron chi connectivity index (χ0n) is 26.3. The maximum Gasteiger partial charge on any atom is 0.220 e. The molecule has 11 heteroatoms. The lowest BCUT2D eigenvalue weighted by atomic mass is 9.96. The number of para-hydroxylation sites is 1. The molecule has 2 fully saturated rings. The number of aromatic nitrogens is 2. The van der Waals surface area contributed by atoms with Crippen LogP contribution in [0.4, 0.5) is 0 Å². The molecule has 2 aromatic heterocycles. The number of unbranched alkanes of at least 4 members (excludes halogenated alkanes) is 1. The van der Waals surface area contributed by atoms with Crippen molar-refractivity contribution < 1.29 is 34.7 Å². The van der Waals surface area contributed by atoms with Crippen LogP contribution in [0.25, 0.3) is 11.1 Å². The number of ether oxygens (including phenoxy) is 2. The van der Waals surface area contributed by atoms with Crippen molar-refractivity contribution in [1.82, 2.24) is 15.3 Å². The molecule has 46 heavy (non-hydrogen) atoms. The van der Waals surface area contributed by atoms with Gasteiger partial charge in [-0.3, -0.25) is 9.78 Å². The first kappa shape index (κ1) is 34.3. The first-order valence-corrected chi connectivity index (χ1v) is 17.1. The Hall–Kier alpha value is -3.06. The number of hydrogen-bond acceptors (Lipinski definition) is 10. The number of nitrogens with zero attached hydrogens (tertiary/aromatic N) is 2. The maximum absolute atomic E-state index is 12.2. The fourth-order valence-corrected chi connectivity index (χ4v) is 6.19. The number of aliphatic hydroxyl groups is 4. The summed E-state index contributed by atoms with van der Waals surface area (Å²) in [5.41, 5.74) is 4.82. The van der Waals surface area contributed by atoms with Crippen LogP contribution in [0, 0.1) is 6.92 Å². The molecule has 2 saturated carbocycles. The van der Waals surface area contributed by atoms with Gasteiger partial charge in [-0.25, -0.2) is 4.98 Å². The molecule has 1 amide bonds. The Labute approximate surface area is 274 Å². The van der Waals surface area contributed by atoms with E-state index in [1.165, 1.54) is 0 Å². The minimum atomic E-state index is -1.43. The zero-order valence-corrected chi connectivity index (χ0v) is 27.1. The lowest BCUT2D eigenvalue weighted by Gasteiger charge is -2.22. The van der Waals surface area contributed by atoms with Crippen LogP contribution in [-0.4, -0.2) is 79.6 Å². The van der Waals surface area contributed by atoms with Crippen LogP contribution in [0.3, 0.4) is 0 Å². The van der Waals surface area contributed by atoms with Crippen molar-refractivity contribution in [2.75, 3.05) is 18.9 Å². The SMILES string of the molecule is Cc1ccc(SCCCCC(=O)NCC(O)C(O)C(O)CCO)nc1COC1(c2cnccc2-c2ccccc2OC2CC2)CC1. The Balaban J connectivity index is 1.10. The quantitative estimate of drug-likeness (QED) is 0.0948. The Morgan fingerprint density at radius 3 is 2.63 bits per heavy atom. The predicted molar refractivity (Wildman–Crippen MR) is 175 cm³/mol. The van der Waals surface area contributed by atoms with Gasteiger partial charge in [-0.2, -0.15) is 0 Å². The van der Waals surface area contributed by atoms with Crippen LogP contribution < -0.4 is 10.1 Å². The van der Waals surface area contributed by atoms with E-state index < -0.39 is 23.9 Å². The van der Waals surface area contributed by atoms with E-state index in [1.807, 2.05) is 43.6 Å². The lowest BCUT2D eigenvalue weighted by Crippen LogP contribution is -2.44. The Morgan fingerprint density at radius 2 is 1.87 bits per heavy atom. The largest absolute Gasteiger partial charge is 0.490 e. The van der Waals surface area contributed by atoms with Crippen LogP contribution in [-0.2, 0) is 21.7 Å². The van der Waals surface area contributed by atoms with Crippen LogP contribution in [0.15, 0.2) is 59.9 Å². The molecule has 0 spiro atoms. The molecule has 5 rings (SSSR count). The van der Waals surface area contributed by atoms with Gasteiger partial charge in [-0.15, -0.1) is 11.8 Å². The van der Waals surface area contributed by atoms with Crippen molar-refractivity contribution in [3.63, 3.8) is 0 Å². The summed E-state index contributed by atoms with van der Waals surface area (Å²) in [5, 5.41) is 41.8. The number of thioether (sulfide) groups is 1. The van der Waals surface area contributed by atoms with Gasteiger partial charge in [0, 0.05) is 43.1 Å². The number of benzene rings is 1. The number of amides is 1. The molecule has 2 aliphatic carbocycles. The normalized spacial score (nSPS) is 17.2. The lowest BCUT2D eigenvalue weighted by molar-refractivity contribution is -0.122. The number of aliphatic hydroxyl groups excluding tert-OH is 4. The van der Waals surface area contributed by atoms with E-state index in [-0.39, 0.29) is 25.5 Å². The zero-order chi connectivity index (χ0) is 32.5. The second-order valence-corrected chi connectivity index (χ2v) is 13.3. The van der Waals surface area contributed by atoms with E-state index >= 15 is 0 Å². The highest BCUT2D eigenvalue weighted by atomic mass is 32.2. The van der Waals surface area contributed by atoms with E-state index in [2.05, 4.69) is 28.5 Å². The summed E-state index contributed by atoms with van der Waals surface area (Å²) >= 11 is 1.64. The summed E-state index contributed by atoms with van der Waals surface area (Å²) in [6, 6.07) is 14.3. The average Bonchev–Trinajstić information content (AvgIpc) is 4.01. The summed E-state index contributed by atoms with van der Waals surface area (Å²) in [6.45, 7) is 1.97. The summed E-state index contributed by atoms with van der Waals surface area (Å²) in [6.07, 6.45) is 5.82. The van der Waals surface area contributed by atoms with Crippen molar-refractivity contribution in [3.05, 3.63) is 71.7 Å². The van der Waals surface area contributed by atoms with Gasteiger partial charge < -0.3 is 35.2 Å². The fraction of sp³-hybridized carbons (Fsp3) is 0.514. The first-order valence-electron chi connectivity index (χ1n) is 16.2. The minimum Gasteiger partial charge on any atom is -0.490 e. The van der Waals surface area contributed by atoms with Crippen LogP contribution >= 0.6 is 11.8 Å². The van der Waals surface area contributed by atoms with Gasteiger partial charge in [0.25, 0.3) is 0 Å². The molecule has 10 nitrogen and oxygen atoms in total. The van der Waals surface area contributed by atoms with E-state index in [9.17, 15) is 20.1 Å². The average molecular weight is 652 g/mol. The van der Waals surface area contributed by atoms with Crippen molar-refractivity contribution >= 4 is 17.7 Å². The monoisotopic (exact) mass is 651 g/mol. The summed E-state index contributed by atoms with van der Waals surface area (Å²) < 4.78 is 12.9. The Bertz CT molecular complexity index is 1450. The molecule has 1 aromatic carbocycles. The number of aryl methyl sites for hydroxylation is 1. The fourth-order valence-electron chi connectivity index (χ4n) is 5.29. The smallest absolute Gasteiger partial charge is 0.220 e. The highest BCUT2D eigenvalue weighted by molar-refractivity contribution is 7.99. The van der Waals surface area contributed by atoms with E-state index in [1.54, 1.807) is 11.8 Å². The second-order valence-electron chi connectivity index (χ2n) is 12.2. The molecule has 3 unspecified atom stereocenters. The molecule has 0 bridgehead atoms. The molecule has 0 saturated heterocycles.